The molecule has 0 bridgehead atoms. The Balaban J connectivity index is 3.36. The Hall–Kier alpha value is -0.770. The van der Waals surface area contributed by atoms with E-state index in [4.69, 9.17) is 5.11 Å². The molecule has 28 heavy (non-hydrogen) atoms. The number of amides is 2. The van der Waals surface area contributed by atoms with E-state index in [2.05, 4.69) is 12.2 Å². The number of unbranched alkanes of at least 4 members (excludes halogenated alkanes) is 16. The van der Waals surface area contributed by atoms with E-state index in [1.165, 1.54) is 96.3 Å². The second kappa shape index (κ2) is 22.5. The standard InChI is InChI=1S/C24H50N2O2/c1-3-4-5-6-7-8-9-10-11-12-13-14-15-16-17-18-21-26(24(28)25-2)22-19-20-23-27/h27H,3-23H2,1-2H3,(H,25,28). The van der Waals surface area contributed by atoms with E-state index >= 15 is 0 Å². The summed E-state index contributed by atoms with van der Waals surface area (Å²) < 4.78 is 0. The number of urea groups is 1. The lowest BCUT2D eigenvalue weighted by Crippen LogP contribution is -2.39. The Labute approximate surface area is 175 Å². The molecule has 2 N–H and O–H groups in total. The SMILES string of the molecule is CCCCCCCCCCCCCCCCCCN(CCCCO)C(=O)NC. The number of nitrogens with one attached hydrogen (secondary N) is 1. The monoisotopic (exact) mass is 398 g/mol. The Morgan fingerprint density at radius 1 is 0.643 bits per heavy atom. The summed E-state index contributed by atoms with van der Waals surface area (Å²) in [5.74, 6) is 0. The van der Waals surface area contributed by atoms with Gasteiger partial charge in [0.05, 0.1) is 0 Å². The molecule has 0 fully saturated rings. The Morgan fingerprint density at radius 3 is 1.36 bits per heavy atom. The van der Waals surface area contributed by atoms with Gasteiger partial charge in [-0.2, -0.15) is 0 Å². The number of carbonyl (C=O) groups is 1. The van der Waals surface area contributed by atoms with Crippen molar-refractivity contribution in [3.8, 4) is 0 Å². The average Bonchev–Trinajstić information content (AvgIpc) is 2.71. The van der Waals surface area contributed by atoms with Crippen LogP contribution >= 0.6 is 0 Å². The number of carbonyl (C=O) groups excluding carboxylic acids is 1. The van der Waals surface area contributed by atoms with Gasteiger partial charge in [-0.05, 0) is 19.3 Å². The van der Waals surface area contributed by atoms with Crippen molar-refractivity contribution in [1.82, 2.24) is 10.2 Å². The number of rotatable bonds is 21. The molecule has 0 spiro atoms. The van der Waals surface area contributed by atoms with Crippen LogP contribution < -0.4 is 5.32 Å². The van der Waals surface area contributed by atoms with Crippen molar-refractivity contribution in [2.45, 2.75) is 122 Å². The molecule has 0 aromatic carbocycles. The third-order valence-corrected chi connectivity index (χ3v) is 5.62. The zero-order valence-corrected chi connectivity index (χ0v) is 19.2. The molecular weight excluding hydrogens is 348 g/mol. The zero-order valence-electron chi connectivity index (χ0n) is 19.2. The van der Waals surface area contributed by atoms with E-state index in [0.717, 1.165) is 32.4 Å². The topological polar surface area (TPSA) is 52.6 Å². The molecule has 0 unspecified atom stereocenters. The summed E-state index contributed by atoms with van der Waals surface area (Å²) in [6.45, 7) is 4.08. The van der Waals surface area contributed by atoms with Gasteiger partial charge in [-0.25, -0.2) is 4.79 Å². The normalized spacial score (nSPS) is 11.0. The smallest absolute Gasteiger partial charge is 0.317 e. The maximum Gasteiger partial charge on any atom is 0.317 e. The Morgan fingerprint density at radius 2 is 1.00 bits per heavy atom. The highest BCUT2D eigenvalue weighted by atomic mass is 16.3. The number of aliphatic hydroxyl groups is 1. The highest BCUT2D eigenvalue weighted by Gasteiger charge is 2.10. The summed E-state index contributed by atoms with van der Waals surface area (Å²) in [5, 5.41) is 11.6. The second-order valence-electron chi connectivity index (χ2n) is 8.28. The zero-order chi connectivity index (χ0) is 20.7. The van der Waals surface area contributed by atoms with Crippen LogP contribution in [-0.4, -0.2) is 42.8 Å². The van der Waals surface area contributed by atoms with E-state index in [1.54, 1.807) is 7.05 Å². The van der Waals surface area contributed by atoms with E-state index in [0.29, 0.717) is 0 Å². The largest absolute Gasteiger partial charge is 0.396 e. The fraction of sp³-hybridized carbons (Fsp3) is 0.958. The molecule has 2 amide bonds. The fourth-order valence-electron chi connectivity index (χ4n) is 3.74. The van der Waals surface area contributed by atoms with Crippen LogP contribution in [0.15, 0.2) is 0 Å². The lowest BCUT2D eigenvalue weighted by molar-refractivity contribution is 0.194. The first kappa shape index (κ1) is 27.2. The van der Waals surface area contributed by atoms with Gasteiger partial charge in [-0.15, -0.1) is 0 Å². The van der Waals surface area contributed by atoms with E-state index in [9.17, 15) is 4.79 Å². The third-order valence-electron chi connectivity index (χ3n) is 5.62. The minimum Gasteiger partial charge on any atom is -0.396 e. The number of hydrogen-bond donors (Lipinski definition) is 2. The van der Waals surface area contributed by atoms with Crippen LogP contribution in [0.5, 0.6) is 0 Å². The maximum absolute atomic E-state index is 11.8. The molecule has 0 aromatic rings. The Kier molecular flexibility index (Phi) is 21.9. The summed E-state index contributed by atoms with van der Waals surface area (Å²) in [6.07, 6.45) is 23.5. The molecule has 4 heteroatoms. The number of hydrogen-bond acceptors (Lipinski definition) is 2. The first-order chi connectivity index (χ1) is 13.8. The summed E-state index contributed by atoms with van der Waals surface area (Å²) in [4.78, 5) is 13.7. The molecule has 0 saturated carbocycles. The van der Waals surface area contributed by atoms with Gasteiger partial charge in [0.25, 0.3) is 0 Å². The second-order valence-corrected chi connectivity index (χ2v) is 8.28. The molecule has 0 radical (unpaired) electrons. The fourth-order valence-corrected chi connectivity index (χ4v) is 3.74. The summed E-state index contributed by atoms with van der Waals surface area (Å²) in [6, 6.07) is 0.0129. The molecule has 0 heterocycles. The van der Waals surface area contributed by atoms with E-state index in [-0.39, 0.29) is 12.6 Å². The number of aliphatic hydroxyl groups excluding tert-OH is 1. The van der Waals surface area contributed by atoms with Gasteiger partial charge < -0.3 is 15.3 Å². The summed E-state index contributed by atoms with van der Waals surface area (Å²) >= 11 is 0. The molecule has 168 valence electrons. The van der Waals surface area contributed by atoms with Gasteiger partial charge in [0, 0.05) is 26.7 Å². The average molecular weight is 399 g/mol. The lowest BCUT2D eigenvalue weighted by Gasteiger charge is -2.22. The van der Waals surface area contributed by atoms with Crippen LogP contribution in [0.1, 0.15) is 122 Å². The molecule has 0 atom stereocenters. The maximum atomic E-state index is 11.8. The number of nitrogens with zero attached hydrogens (tertiary/aromatic N) is 1. The van der Waals surface area contributed by atoms with Crippen molar-refractivity contribution in [3.05, 3.63) is 0 Å². The molecule has 0 aliphatic rings. The minimum absolute atomic E-state index is 0.0129. The van der Waals surface area contributed by atoms with Crippen molar-refractivity contribution in [2.75, 3.05) is 26.7 Å². The van der Waals surface area contributed by atoms with Crippen LogP contribution in [0.3, 0.4) is 0 Å². The van der Waals surface area contributed by atoms with Gasteiger partial charge in [-0.3, -0.25) is 0 Å². The van der Waals surface area contributed by atoms with Gasteiger partial charge in [0.2, 0.25) is 0 Å². The van der Waals surface area contributed by atoms with Crippen molar-refractivity contribution in [2.24, 2.45) is 0 Å². The molecule has 0 aliphatic heterocycles. The molecule has 0 aliphatic carbocycles. The van der Waals surface area contributed by atoms with Gasteiger partial charge in [-0.1, -0.05) is 103 Å². The van der Waals surface area contributed by atoms with Crippen LogP contribution in [0.25, 0.3) is 0 Å². The van der Waals surface area contributed by atoms with Gasteiger partial charge >= 0.3 is 6.03 Å². The van der Waals surface area contributed by atoms with E-state index in [1.807, 2.05) is 4.90 Å². The van der Waals surface area contributed by atoms with Crippen molar-refractivity contribution in [3.63, 3.8) is 0 Å². The van der Waals surface area contributed by atoms with Gasteiger partial charge in [0.15, 0.2) is 0 Å². The summed E-state index contributed by atoms with van der Waals surface area (Å²) in [7, 11) is 1.69. The summed E-state index contributed by atoms with van der Waals surface area (Å²) in [5.41, 5.74) is 0. The minimum atomic E-state index is 0.0129. The van der Waals surface area contributed by atoms with Crippen LogP contribution in [0.4, 0.5) is 4.79 Å². The molecule has 0 aromatic heterocycles. The first-order valence-electron chi connectivity index (χ1n) is 12.3. The predicted octanol–water partition coefficient (Wildman–Crippen LogP) is 6.66. The van der Waals surface area contributed by atoms with Crippen molar-refractivity contribution >= 4 is 6.03 Å². The molecule has 0 rings (SSSR count). The highest BCUT2D eigenvalue weighted by molar-refractivity contribution is 5.73. The molecular formula is C24H50N2O2. The third kappa shape index (κ3) is 18.6. The molecule has 4 nitrogen and oxygen atoms in total. The van der Waals surface area contributed by atoms with Gasteiger partial charge in [0.1, 0.15) is 0 Å². The van der Waals surface area contributed by atoms with Crippen LogP contribution in [0, 0.1) is 0 Å². The predicted molar refractivity (Wildman–Crippen MR) is 122 cm³/mol. The molecule has 0 saturated heterocycles. The van der Waals surface area contributed by atoms with E-state index < -0.39 is 0 Å². The first-order valence-corrected chi connectivity index (χ1v) is 12.3. The Bertz CT molecular complexity index is 324. The highest BCUT2D eigenvalue weighted by Crippen LogP contribution is 2.14. The van der Waals surface area contributed by atoms with Crippen LogP contribution in [0.2, 0.25) is 0 Å². The lowest BCUT2D eigenvalue weighted by atomic mass is 10.0. The van der Waals surface area contributed by atoms with Crippen LogP contribution in [-0.2, 0) is 0 Å². The quantitative estimate of drug-likeness (QED) is 0.212. The van der Waals surface area contributed by atoms with Crippen molar-refractivity contribution < 1.29 is 9.90 Å². The van der Waals surface area contributed by atoms with Crippen molar-refractivity contribution in [1.29, 1.82) is 0 Å².